The van der Waals surface area contributed by atoms with Gasteiger partial charge < -0.3 is 5.32 Å². The van der Waals surface area contributed by atoms with E-state index >= 15 is 0 Å². The molecular weight excluding hydrogens is 432 g/mol. The normalized spacial score (nSPS) is 11.3. The van der Waals surface area contributed by atoms with E-state index in [1.807, 2.05) is 68.4 Å². The van der Waals surface area contributed by atoms with Gasteiger partial charge in [0, 0.05) is 6.54 Å². The van der Waals surface area contributed by atoms with Gasteiger partial charge in [-0.2, -0.15) is 0 Å². The number of hydrogen-bond acceptors (Lipinski definition) is 3. The first kappa shape index (κ1) is 22.6. The molecule has 1 amide bonds. The van der Waals surface area contributed by atoms with Gasteiger partial charge >= 0.3 is 0 Å². The second kappa shape index (κ2) is 9.46. The minimum absolute atomic E-state index is 0.146. The summed E-state index contributed by atoms with van der Waals surface area (Å²) in [5, 5.41) is 5.05. The van der Waals surface area contributed by atoms with Crippen molar-refractivity contribution in [2.75, 3.05) is 10.8 Å². The Balaban J connectivity index is 1.62. The van der Waals surface area contributed by atoms with Crippen molar-refractivity contribution in [3.63, 3.8) is 0 Å². The number of carbonyl (C=O) groups excluding carboxylic acids is 1. The molecule has 168 valence electrons. The summed E-state index contributed by atoms with van der Waals surface area (Å²) >= 11 is 0. The lowest BCUT2D eigenvalue weighted by Gasteiger charge is -2.26. The van der Waals surface area contributed by atoms with Crippen molar-refractivity contribution < 1.29 is 13.2 Å². The van der Waals surface area contributed by atoms with E-state index in [2.05, 4.69) is 5.32 Å². The van der Waals surface area contributed by atoms with Crippen LogP contribution in [0.25, 0.3) is 10.8 Å². The van der Waals surface area contributed by atoms with Gasteiger partial charge in [-0.15, -0.1) is 0 Å². The van der Waals surface area contributed by atoms with Gasteiger partial charge in [-0.3, -0.25) is 9.10 Å². The summed E-state index contributed by atoms with van der Waals surface area (Å²) < 4.78 is 28.3. The van der Waals surface area contributed by atoms with E-state index in [9.17, 15) is 13.2 Å². The molecule has 0 unspecified atom stereocenters. The van der Waals surface area contributed by atoms with Crippen LogP contribution in [-0.2, 0) is 21.4 Å². The Morgan fingerprint density at radius 1 is 0.848 bits per heavy atom. The quantitative estimate of drug-likeness (QED) is 0.425. The summed E-state index contributed by atoms with van der Waals surface area (Å²) in [5.74, 6) is -0.372. The van der Waals surface area contributed by atoms with Crippen molar-refractivity contribution >= 4 is 32.4 Å². The van der Waals surface area contributed by atoms with Gasteiger partial charge in [0.2, 0.25) is 5.91 Å². The number of rotatable bonds is 7. The molecule has 4 aromatic carbocycles. The van der Waals surface area contributed by atoms with Gasteiger partial charge in [0.1, 0.15) is 6.54 Å². The second-order valence-corrected chi connectivity index (χ2v) is 9.89. The maximum absolute atomic E-state index is 13.5. The molecule has 0 saturated heterocycles. The number of aryl methyl sites for hydroxylation is 2. The van der Waals surface area contributed by atoms with Gasteiger partial charge in [0.15, 0.2) is 0 Å². The first-order chi connectivity index (χ1) is 15.9. The molecule has 0 aliphatic rings. The molecule has 6 heteroatoms. The van der Waals surface area contributed by atoms with E-state index in [1.165, 1.54) is 4.31 Å². The Morgan fingerprint density at radius 3 is 2.33 bits per heavy atom. The SMILES string of the molecule is Cc1ccc(C)c(N(CC(=O)NCc2cccc3ccccc23)S(=O)(=O)c2ccccc2)c1. The maximum Gasteiger partial charge on any atom is 0.264 e. The van der Waals surface area contributed by atoms with Gasteiger partial charge in [-0.1, -0.05) is 72.8 Å². The molecule has 0 saturated carbocycles. The van der Waals surface area contributed by atoms with Crippen LogP contribution in [0.1, 0.15) is 16.7 Å². The van der Waals surface area contributed by atoms with Crippen LogP contribution in [0.15, 0.2) is 95.9 Å². The number of hydrogen-bond donors (Lipinski definition) is 1. The van der Waals surface area contributed by atoms with Gasteiger partial charge in [-0.05, 0) is 59.5 Å². The zero-order valence-corrected chi connectivity index (χ0v) is 19.5. The monoisotopic (exact) mass is 458 g/mol. The molecule has 0 aromatic heterocycles. The highest BCUT2D eigenvalue weighted by molar-refractivity contribution is 7.92. The largest absolute Gasteiger partial charge is 0.350 e. The van der Waals surface area contributed by atoms with Crippen molar-refractivity contribution in [3.8, 4) is 0 Å². The summed E-state index contributed by atoms with van der Waals surface area (Å²) in [6, 6.07) is 27.7. The Morgan fingerprint density at radius 2 is 1.55 bits per heavy atom. The summed E-state index contributed by atoms with van der Waals surface area (Å²) in [6.07, 6.45) is 0. The summed E-state index contributed by atoms with van der Waals surface area (Å²) in [7, 11) is -3.93. The molecule has 0 heterocycles. The number of benzene rings is 4. The molecule has 0 fully saturated rings. The minimum atomic E-state index is -3.93. The molecule has 0 atom stereocenters. The van der Waals surface area contributed by atoms with Crippen LogP contribution in [-0.4, -0.2) is 20.9 Å². The predicted octanol–water partition coefficient (Wildman–Crippen LogP) is 4.97. The zero-order valence-electron chi connectivity index (χ0n) is 18.7. The van der Waals surface area contributed by atoms with Crippen molar-refractivity contribution in [2.24, 2.45) is 0 Å². The highest BCUT2D eigenvalue weighted by Crippen LogP contribution is 2.28. The first-order valence-electron chi connectivity index (χ1n) is 10.7. The third-order valence-corrected chi connectivity index (χ3v) is 7.38. The topological polar surface area (TPSA) is 66.5 Å². The molecule has 4 rings (SSSR count). The fourth-order valence-corrected chi connectivity index (χ4v) is 5.33. The average Bonchev–Trinajstić information content (AvgIpc) is 2.83. The van der Waals surface area contributed by atoms with Crippen molar-refractivity contribution in [1.82, 2.24) is 5.32 Å². The third-order valence-electron chi connectivity index (χ3n) is 5.61. The highest BCUT2D eigenvalue weighted by atomic mass is 32.2. The van der Waals surface area contributed by atoms with Crippen LogP contribution in [0.2, 0.25) is 0 Å². The second-order valence-electron chi connectivity index (χ2n) is 8.03. The Labute approximate surface area is 194 Å². The lowest BCUT2D eigenvalue weighted by Crippen LogP contribution is -2.41. The lowest BCUT2D eigenvalue weighted by molar-refractivity contribution is -0.119. The number of carbonyl (C=O) groups is 1. The van der Waals surface area contributed by atoms with Crippen LogP contribution in [0, 0.1) is 13.8 Å². The van der Waals surface area contributed by atoms with Gasteiger partial charge in [0.25, 0.3) is 10.0 Å². The molecule has 0 aliphatic heterocycles. The van der Waals surface area contributed by atoms with E-state index in [0.29, 0.717) is 12.2 Å². The summed E-state index contributed by atoms with van der Waals surface area (Å²) in [5.41, 5.74) is 3.17. The molecule has 0 aliphatic carbocycles. The Kier molecular flexibility index (Phi) is 6.47. The molecule has 1 N–H and O–H groups in total. The summed E-state index contributed by atoms with van der Waals surface area (Å²) in [6.45, 7) is 3.74. The maximum atomic E-state index is 13.5. The standard InChI is InChI=1S/C27H26N2O3S/c1-20-15-16-21(2)26(17-20)29(33(31,32)24-12-4-3-5-13-24)19-27(30)28-18-23-11-8-10-22-9-6-7-14-25(22)23/h3-17H,18-19H2,1-2H3,(H,28,30). The highest BCUT2D eigenvalue weighted by Gasteiger charge is 2.28. The zero-order chi connectivity index (χ0) is 23.4. The molecule has 0 radical (unpaired) electrons. The minimum Gasteiger partial charge on any atom is -0.350 e. The van der Waals surface area contributed by atoms with Gasteiger partial charge in [0.05, 0.1) is 10.6 Å². The van der Waals surface area contributed by atoms with Crippen LogP contribution in [0.3, 0.4) is 0 Å². The third kappa shape index (κ3) is 4.91. The number of nitrogens with one attached hydrogen (secondary N) is 1. The number of amides is 1. The molecular formula is C27H26N2O3S. The van der Waals surface area contributed by atoms with Gasteiger partial charge in [-0.25, -0.2) is 8.42 Å². The van der Waals surface area contributed by atoms with E-state index in [0.717, 1.165) is 27.5 Å². The Hall–Kier alpha value is -3.64. The van der Waals surface area contributed by atoms with Crippen molar-refractivity contribution in [3.05, 3.63) is 108 Å². The first-order valence-corrected chi connectivity index (χ1v) is 12.2. The Bertz CT molecular complexity index is 1390. The number of sulfonamides is 1. The van der Waals surface area contributed by atoms with Crippen LogP contribution >= 0.6 is 0 Å². The van der Waals surface area contributed by atoms with Crippen LogP contribution < -0.4 is 9.62 Å². The average molecular weight is 459 g/mol. The number of nitrogens with zero attached hydrogens (tertiary/aromatic N) is 1. The van der Waals surface area contributed by atoms with E-state index in [-0.39, 0.29) is 17.3 Å². The molecule has 4 aromatic rings. The summed E-state index contributed by atoms with van der Waals surface area (Å²) in [4.78, 5) is 13.1. The van der Waals surface area contributed by atoms with E-state index in [4.69, 9.17) is 0 Å². The predicted molar refractivity (Wildman–Crippen MR) is 133 cm³/mol. The smallest absolute Gasteiger partial charge is 0.264 e. The fraction of sp³-hybridized carbons (Fsp3) is 0.148. The van der Waals surface area contributed by atoms with Crippen molar-refractivity contribution in [1.29, 1.82) is 0 Å². The van der Waals surface area contributed by atoms with Crippen LogP contribution in [0.4, 0.5) is 5.69 Å². The van der Waals surface area contributed by atoms with E-state index in [1.54, 1.807) is 36.4 Å². The fourth-order valence-electron chi connectivity index (χ4n) is 3.83. The number of fused-ring (bicyclic) bond motifs is 1. The van der Waals surface area contributed by atoms with Crippen LogP contribution in [0.5, 0.6) is 0 Å². The molecule has 0 bridgehead atoms. The lowest BCUT2D eigenvalue weighted by atomic mass is 10.0. The number of anilines is 1. The molecule has 33 heavy (non-hydrogen) atoms. The van der Waals surface area contributed by atoms with E-state index < -0.39 is 10.0 Å². The molecule has 0 spiro atoms. The van der Waals surface area contributed by atoms with Crippen molar-refractivity contribution in [2.45, 2.75) is 25.3 Å². The molecule has 5 nitrogen and oxygen atoms in total.